The number of benzene rings is 2. The number of hydrogen-bond acceptors (Lipinski definition) is 4. The van der Waals surface area contributed by atoms with Gasteiger partial charge in [-0.3, -0.25) is 4.79 Å². The highest BCUT2D eigenvalue weighted by atomic mass is 19.3. The number of fused-ring (bicyclic) bond motifs is 1. The van der Waals surface area contributed by atoms with E-state index in [9.17, 15) is 13.6 Å². The Balaban J connectivity index is 0.00000105. The van der Waals surface area contributed by atoms with E-state index in [0.29, 0.717) is 24.2 Å². The molecule has 33 heavy (non-hydrogen) atoms. The Bertz CT molecular complexity index is 1210. The second kappa shape index (κ2) is 8.46. The molecule has 1 aromatic heterocycles. The first-order chi connectivity index (χ1) is 15.8. The lowest BCUT2D eigenvalue weighted by atomic mass is 9.94. The molecule has 0 unspecified atom stereocenters. The second-order valence-corrected chi connectivity index (χ2v) is 8.10. The van der Waals surface area contributed by atoms with Gasteiger partial charge in [-0.05, 0) is 62.1 Å². The Morgan fingerprint density at radius 2 is 1.73 bits per heavy atom. The van der Waals surface area contributed by atoms with Gasteiger partial charge in [0.25, 0.3) is 0 Å². The van der Waals surface area contributed by atoms with E-state index in [-0.39, 0.29) is 18.8 Å². The largest absolute Gasteiger partial charge is 0.586 e. The number of ether oxygens (including phenoxy) is 2. The van der Waals surface area contributed by atoms with Crippen LogP contribution in [0.4, 0.5) is 14.6 Å². The van der Waals surface area contributed by atoms with Gasteiger partial charge in [-0.25, -0.2) is 4.98 Å². The van der Waals surface area contributed by atoms with E-state index < -0.39 is 11.7 Å². The van der Waals surface area contributed by atoms with Crippen LogP contribution in [0.2, 0.25) is 0 Å². The molecular weight excluding hydrogens is 426 g/mol. The summed E-state index contributed by atoms with van der Waals surface area (Å²) in [4.78, 5) is 17.8. The van der Waals surface area contributed by atoms with Crippen LogP contribution in [0.25, 0.3) is 11.3 Å². The van der Waals surface area contributed by atoms with Crippen molar-refractivity contribution in [2.75, 3.05) is 5.32 Å². The second-order valence-electron chi connectivity index (χ2n) is 8.10. The highest BCUT2D eigenvalue weighted by Crippen LogP contribution is 2.52. The zero-order valence-electron chi connectivity index (χ0n) is 19.0. The minimum atomic E-state index is -3.68. The monoisotopic (exact) mass is 454 g/mol. The van der Waals surface area contributed by atoms with Gasteiger partial charge in [-0.2, -0.15) is 0 Å². The van der Waals surface area contributed by atoms with Crippen LogP contribution in [0, 0.1) is 13.8 Å². The zero-order chi connectivity index (χ0) is 23.8. The van der Waals surface area contributed by atoms with Gasteiger partial charge in [0.2, 0.25) is 5.91 Å². The number of aryl methyl sites for hydroxylation is 2. The van der Waals surface area contributed by atoms with Gasteiger partial charge < -0.3 is 14.8 Å². The molecule has 0 saturated heterocycles. The van der Waals surface area contributed by atoms with E-state index >= 15 is 0 Å². The van der Waals surface area contributed by atoms with Gasteiger partial charge in [0.1, 0.15) is 5.82 Å². The smallest absolute Gasteiger partial charge is 0.395 e. The van der Waals surface area contributed by atoms with Crippen molar-refractivity contribution in [2.45, 2.75) is 52.2 Å². The summed E-state index contributed by atoms with van der Waals surface area (Å²) in [6.45, 7) is 7.99. The number of aromatic nitrogens is 1. The number of carbonyl (C=O) groups excluding carboxylic acids is 1. The third kappa shape index (κ3) is 4.40. The Labute approximate surface area is 193 Å². The summed E-state index contributed by atoms with van der Waals surface area (Å²) in [7, 11) is 0. The van der Waals surface area contributed by atoms with Crippen LogP contribution in [-0.2, 0) is 10.2 Å². The molecule has 0 radical (unpaired) electrons. The van der Waals surface area contributed by atoms with Crippen LogP contribution in [0.1, 0.15) is 44.8 Å². The molecule has 1 aliphatic carbocycles. The summed E-state index contributed by atoms with van der Waals surface area (Å²) in [5.74, 6) is 0.139. The van der Waals surface area contributed by atoms with Crippen molar-refractivity contribution in [3.05, 3.63) is 71.3 Å². The maximum atomic E-state index is 13.3. The maximum Gasteiger partial charge on any atom is 0.586 e. The zero-order valence-corrected chi connectivity index (χ0v) is 19.0. The van der Waals surface area contributed by atoms with E-state index in [1.807, 2.05) is 58.0 Å². The topological polar surface area (TPSA) is 60.5 Å². The van der Waals surface area contributed by atoms with E-state index in [1.165, 1.54) is 12.1 Å². The summed E-state index contributed by atoms with van der Waals surface area (Å²) in [6, 6.07) is 16.2. The normalized spacial score (nSPS) is 16.4. The molecule has 0 bridgehead atoms. The van der Waals surface area contributed by atoms with Crippen LogP contribution in [0.3, 0.4) is 0 Å². The quantitative estimate of drug-likeness (QED) is 0.481. The predicted molar refractivity (Wildman–Crippen MR) is 125 cm³/mol. The average molecular weight is 455 g/mol. The van der Waals surface area contributed by atoms with E-state index in [2.05, 4.69) is 19.8 Å². The molecule has 2 aliphatic rings. The first-order valence-electron chi connectivity index (χ1n) is 11.0. The SMILES string of the molecule is CC.Cc1cccc(-c2nc(NC(=O)C3(c4ccc5c(c4)OC(F)(F)O5)CC3)ccc2C)c1.[HH]. The van der Waals surface area contributed by atoms with Crippen molar-refractivity contribution in [3.8, 4) is 22.8 Å². The summed E-state index contributed by atoms with van der Waals surface area (Å²) < 4.78 is 35.7. The fraction of sp³-hybridized carbons (Fsp3) is 0.308. The molecule has 0 atom stereocenters. The molecule has 1 saturated carbocycles. The lowest BCUT2D eigenvalue weighted by Gasteiger charge is -2.17. The third-order valence-corrected chi connectivity index (χ3v) is 5.77. The van der Waals surface area contributed by atoms with Crippen molar-refractivity contribution >= 4 is 11.7 Å². The van der Waals surface area contributed by atoms with Crippen LogP contribution in [-0.4, -0.2) is 17.2 Å². The van der Waals surface area contributed by atoms with E-state index in [4.69, 9.17) is 0 Å². The number of nitrogens with zero attached hydrogens (tertiary/aromatic N) is 1. The maximum absolute atomic E-state index is 13.3. The number of nitrogens with one attached hydrogen (secondary N) is 1. The average Bonchev–Trinajstić information content (AvgIpc) is 3.53. The molecule has 0 spiro atoms. The first kappa shape index (κ1) is 22.7. The standard InChI is InChI=1S/C24H20F2N2O3.C2H6.H2/c1-14-4-3-5-16(12-14)21-15(2)6-9-20(27-21)28-22(29)23(10-11-23)17-7-8-18-19(13-17)31-24(25,26)30-18;1-2;/h3-9,12-13H,10-11H2,1-2H3,(H,27,28,29);1-2H3;1H. The Hall–Kier alpha value is -3.48. The van der Waals surface area contributed by atoms with Crippen LogP contribution < -0.4 is 14.8 Å². The Morgan fingerprint density at radius 3 is 2.42 bits per heavy atom. The van der Waals surface area contributed by atoms with E-state index in [0.717, 1.165) is 22.4 Å². The van der Waals surface area contributed by atoms with E-state index in [1.54, 1.807) is 12.1 Å². The molecule has 5 nitrogen and oxygen atoms in total. The molecule has 5 rings (SSSR count). The molecule has 7 heteroatoms. The van der Waals surface area contributed by atoms with Gasteiger partial charge in [-0.15, -0.1) is 8.78 Å². The van der Waals surface area contributed by atoms with Gasteiger partial charge in [0.15, 0.2) is 11.5 Å². The Morgan fingerprint density at radius 1 is 1.00 bits per heavy atom. The molecule has 1 aliphatic heterocycles. The van der Waals surface area contributed by atoms with Gasteiger partial charge >= 0.3 is 6.29 Å². The van der Waals surface area contributed by atoms with Crippen LogP contribution in [0.5, 0.6) is 11.5 Å². The molecule has 2 heterocycles. The molecule has 2 aromatic carbocycles. The summed E-state index contributed by atoms with van der Waals surface area (Å²) in [6.07, 6.45) is -2.45. The van der Waals surface area contributed by atoms with Crippen molar-refractivity contribution in [1.29, 1.82) is 0 Å². The summed E-state index contributed by atoms with van der Waals surface area (Å²) in [5, 5.41) is 2.91. The lowest BCUT2D eigenvalue weighted by molar-refractivity contribution is -0.286. The predicted octanol–water partition coefficient (Wildman–Crippen LogP) is 6.63. The number of halogens is 2. The molecule has 3 aromatic rings. The number of anilines is 1. The fourth-order valence-corrected chi connectivity index (χ4v) is 3.94. The number of rotatable bonds is 4. The first-order valence-corrected chi connectivity index (χ1v) is 11.0. The number of carbonyl (C=O) groups is 1. The highest BCUT2D eigenvalue weighted by molar-refractivity contribution is 6.01. The number of alkyl halides is 2. The minimum Gasteiger partial charge on any atom is -0.395 e. The number of pyridine rings is 1. The summed E-state index contributed by atoms with van der Waals surface area (Å²) >= 11 is 0. The van der Waals surface area contributed by atoms with Crippen molar-refractivity contribution < 1.29 is 24.5 Å². The third-order valence-electron chi connectivity index (χ3n) is 5.77. The molecule has 174 valence electrons. The van der Waals surface area contributed by atoms with Crippen LogP contribution in [0.15, 0.2) is 54.6 Å². The summed E-state index contributed by atoms with van der Waals surface area (Å²) in [5.41, 5.74) is 3.74. The minimum absolute atomic E-state index is 0. The van der Waals surface area contributed by atoms with Gasteiger partial charge in [0, 0.05) is 6.99 Å². The number of hydrogen-bond donors (Lipinski definition) is 1. The van der Waals surface area contributed by atoms with Crippen molar-refractivity contribution in [3.63, 3.8) is 0 Å². The fourth-order valence-electron chi connectivity index (χ4n) is 3.94. The highest BCUT2D eigenvalue weighted by Gasteiger charge is 2.53. The number of amides is 1. The lowest BCUT2D eigenvalue weighted by Crippen LogP contribution is -2.28. The molecule has 1 fully saturated rings. The van der Waals surface area contributed by atoms with Crippen LogP contribution >= 0.6 is 0 Å². The molecule has 1 amide bonds. The Kier molecular flexibility index (Phi) is 5.82. The van der Waals surface area contributed by atoms with Crippen molar-refractivity contribution in [2.24, 2.45) is 0 Å². The molecule has 1 N–H and O–H groups in total. The van der Waals surface area contributed by atoms with Crippen molar-refractivity contribution in [1.82, 2.24) is 4.98 Å². The molecular formula is C26H28F2N2O3. The van der Waals surface area contributed by atoms with Gasteiger partial charge in [0.05, 0.1) is 11.1 Å². The van der Waals surface area contributed by atoms with Gasteiger partial charge in [-0.1, -0.05) is 49.7 Å².